The van der Waals surface area contributed by atoms with E-state index in [1.807, 2.05) is 4.90 Å². The van der Waals surface area contributed by atoms with Crippen molar-refractivity contribution in [1.82, 2.24) is 4.90 Å². The molecular formula is C14H16BrFN2O. The van der Waals surface area contributed by atoms with Crippen molar-refractivity contribution in [2.24, 2.45) is 5.73 Å². The van der Waals surface area contributed by atoms with Crippen LogP contribution in [0.2, 0.25) is 0 Å². The molecule has 2 fully saturated rings. The van der Waals surface area contributed by atoms with Crippen LogP contribution < -0.4 is 5.73 Å². The first-order valence-corrected chi connectivity index (χ1v) is 7.39. The summed E-state index contributed by atoms with van der Waals surface area (Å²) >= 11 is 3.29. The van der Waals surface area contributed by atoms with Crippen molar-refractivity contribution in [1.29, 1.82) is 0 Å². The van der Waals surface area contributed by atoms with E-state index in [2.05, 4.69) is 15.9 Å². The van der Waals surface area contributed by atoms with Gasteiger partial charge in [0.15, 0.2) is 0 Å². The number of benzene rings is 1. The zero-order valence-corrected chi connectivity index (χ0v) is 12.1. The molecule has 2 N–H and O–H groups in total. The maximum atomic E-state index is 13.8. The van der Waals surface area contributed by atoms with E-state index in [9.17, 15) is 9.18 Å². The molecule has 19 heavy (non-hydrogen) atoms. The van der Waals surface area contributed by atoms with Gasteiger partial charge in [-0.05, 0) is 43.9 Å². The highest BCUT2D eigenvalue weighted by Gasteiger charge is 2.42. The summed E-state index contributed by atoms with van der Waals surface area (Å²) < 4.78 is 14.6. The average Bonchev–Trinajstić information content (AvgIpc) is 2.64. The lowest BCUT2D eigenvalue weighted by atomic mass is 9.97. The summed E-state index contributed by atoms with van der Waals surface area (Å²) in [7, 11) is 0. The van der Waals surface area contributed by atoms with Gasteiger partial charge in [-0.15, -0.1) is 0 Å². The number of piperidine rings is 1. The van der Waals surface area contributed by atoms with Crippen LogP contribution in [-0.4, -0.2) is 28.9 Å². The highest BCUT2D eigenvalue weighted by molar-refractivity contribution is 9.10. The first-order valence-electron chi connectivity index (χ1n) is 6.59. The predicted octanol–water partition coefficient (Wildman–Crippen LogP) is 2.68. The lowest BCUT2D eigenvalue weighted by Crippen LogP contribution is -2.50. The van der Waals surface area contributed by atoms with E-state index in [0.717, 1.165) is 30.2 Å². The molecule has 2 bridgehead atoms. The Morgan fingerprint density at radius 2 is 1.95 bits per heavy atom. The minimum absolute atomic E-state index is 0.154. The van der Waals surface area contributed by atoms with Crippen LogP contribution in [0.4, 0.5) is 4.39 Å². The molecule has 1 aromatic carbocycles. The Morgan fingerprint density at radius 3 is 2.58 bits per heavy atom. The maximum absolute atomic E-state index is 13.8. The number of fused-ring (bicyclic) bond motifs is 2. The van der Waals surface area contributed by atoms with Gasteiger partial charge in [-0.2, -0.15) is 0 Å². The molecule has 0 radical (unpaired) electrons. The van der Waals surface area contributed by atoms with Gasteiger partial charge in [0, 0.05) is 22.6 Å². The molecular weight excluding hydrogens is 311 g/mol. The van der Waals surface area contributed by atoms with Gasteiger partial charge in [0.05, 0.1) is 5.56 Å². The van der Waals surface area contributed by atoms with Crippen LogP contribution in [0, 0.1) is 5.82 Å². The largest absolute Gasteiger partial charge is 0.332 e. The Hall–Kier alpha value is -0.940. The van der Waals surface area contributed by atoms with Gasteiger partial charge < -0.3 is 10.6 Å². The van der Waals surface area contributed by atoms with Crippen molar-refractivity contribution in [3.63, 3.8) is 0 Å². The quantitative estimate of drug-likeness (QED) is 0.862. The van der Waals surface area contributed by atoms with Crippen molar-refractivity contribution >= 4 is 21.8 Å². The van der Waals surface area contributed by atoms with Gasteiger partial charge in [-0.3, -0.25) is 4.79 Å². The van der Waals surface area contributed by atoms with Crippen LogP contribution in [-0.2, 0) is 0 Å². The Kier molecular flexibility index (Phi) is 3.35. The molecule has 2 saturated heterocycles. The molecule has 0 saturated carbocycles. The Bertz CT molecular complexity index is 508. The van der Waals surface area contributed by atoms with E-state index in [-0.39, 0.29) is 29.6 Å². The van der Waals surface area contributed by atoms with Gasteiger partial charge in [0.2, 0.25) is 0 Å². The SMILES string of the molecule is NC1CC2CCC(C1)N2C(=O)c1cc(Br)ccc1F. The number of halogens is 2. The molecule has 1 aromatic rings. The van der Waals surface area contributed by atoms with Crippen molar-refractivity contribution in [2.75, 3.05) is 0 Å². The molecule has 2 unspecified atom stereocenters. The summed E-state index contributed by atoms with van der Waals surface area (Å²) in [5.41, 5.74) is 6.15. The predicted molar refractivity (Wildman–Crippen MR) is 74.3 cm³/mol. The third-order valence-electron chi connectivity index (χ3n) is 4.16. The van der Waals surface area contributed by atoms with Crippen molar-refractivity contribution in [2.45, 2.75) is 43.8 Å². The Balaban J connectivity index is 1.90. The molecule has 2 heterocycles. The van der Waals surface area contributed by atoms with E-state index in [1.54, 1.807) is 12.1 Å². The number of amides is 1. The monoisotopic (exact) mass is 326 g/mol. The zero-order chi connectivity index (χ0) is 13.6. The smallest absolute Gasteiger partial charge is 0.257 e. The highest BCUT2D eigenvalue weighted by atomic mass is 79.9. The molecule has 3 nitrogen and oxygen atoms in total. The fraction of sp³-hybridized carbons (Fsp3) is 0.500. The minimum atomic E-state index is -0.456. The zero-order valence-electron chi connectivity index (χ0n) is 10.5. The van der Waals surface area contributed by atoms with E-state index >= 15 is 0 Å². The number of hydrogen-bond donors (Lipinski definition) is 1. The first-order chi connectivity index (χ1) is 9.06. The van der Waals surface area contributed by atoms with Crippen molar-refractivity contribution in [3.8, 4) is 0 Å². The second kappa shape index (κ2) is 4.87. The molecule has 2 aliphatic rings. The van der Waals surface area contributed by atoms with Crippen molar-refractivity contribution in [3.05, 3.63) is 34.1 Å². The summed E-state index contributed by atoms with van der Waals surface area (Å²) in [5.74, 6) is -0.652. The van der Waals surface area contributed by atoms with Gasteiger partial charge in [0.1, 0.15) is 5.82 Å². The van der Waals surface area contributed by atoms with Crippen LogP contribution in [0.1, 0.15) is 36.0 Å². The number of carbonyl (C=O) groups excluding carboxylic acids is 1. The molecule has 2 aliphatic heterocycles. The number of nitrogens with zero attached hydrogens (tertiary/aromatic N) is 1. The van der Waals surface area contributed by atoms with Crippen LogP contribution in [0.15, 0.2) is 22.7 Å². The number of nitrogens with two attached hydrogens (primary N) is 1. The molecule has 5 heteroatoms. The summed E-state index contributed by atoms with van der Waals surface area (Å²) in [6, 6.07) is 5.03. The maximum Gasteiger partial charge on any atom is 0.257 e. The van der Waals surface area contributed by atoms with E-state index in [0.29, 0.717) is 0 Å². The molecule has 0 aliphatic carbocycles. The lowest BCUT2D eigenvalue weighted by molar-refractivity contribution is 0.0570. The molecule has 102 valence electrons. The van der Waals surface area contributed by atoms with E-state index < -0.39 is 5.82 Å². The minimum Gasteiger partial charge on any atom is -0.332 e. The second-order valence-electron chi connectivity index (χ2n) is 5.45. The van der Waals surface area contributed by atoms with Crippen LogP contribution in [0.25, 0.3) is 0 Å². The molecule has 1 amide bonds. The Labute approximate surface area is 120 Å². The van der Waals surface area contributed by atoms with Gasteiger partial charge in [-0.1, -0.05) is 15.9 Å². The van der Waals surface area contributed by atoms with Crippen LogP contribution in [0.5, 0.6) is 0 Å². The summed E-state index contributed by atoms with van der Waals surface area (Å²) in [6.45, 7) is 0. The van der Waals surface area contributed by atoms with Gasteiger partial charge in [-0.25, -0.2) is 4.39 Å². The van der Waals surface area contributed by atoms with E-state index in [1.165, 1.54) is 6.07 Å². The molecule has 0 spiro atoms. The number of hydrogen-bond acceptors (Lipinski definition) is 2. The summed E-state index contributed by atoms with van der Waals surface area (Å²) in [5, 5.41) is 0. The Morgan fingerprint density at radius 1 is 1.32 bits per heavy atom. The second-order valence-corrected chi connectivity index (χ2v) is 6.37. The fourth-order valence-corrected chi connectivity index (χ4v) is 3.71. The van der Waals surface area contributed by atoms with Crippen molar-refractivity contribution < 1.29 is 9.18 Å². The van der Waals surface area contributed by atoms with Crippen LogP contribution >= 0.6 is 15.9 Å². The third kappa shape index (κ3) is 2.30. The topological polar surface area (TPSA) is 46.3 Å². The number of rotatable bonds is 1. The average molecular weight is 327 g/mol. The standard InChI is InChI=1S/C14H16BrFN2O/c15-8-1-4-13(16)12(5-8)14(19)18-10-2-3-11(18)7-9(17)6-10/h1,4-5,9-11H,2-3,6-7,17H2. The lowest BCUT2D eigenvalue weighted by Gasteiger charge is -2.37. The molecule has 0 aromatic heterocycles. The summed E-state index contributed by atoms with van der Waals surface area (Å²) in [4.78, 5) is 14.4. The summed E-state index contributed by atoms with van der Waals surface area (Å²) in [6.07, 6.45) is 3.63. The third-order valence-corrected chi connectivity index (χ3v) is 4.66. The fourth-order valence-electron chi connectivity index (χ4n) is 3.35. The van der Waals surface area contributed by atoms with Crippen LogP contribution in [0.3, 0.4) is 0 Å². The first kappa shape index (κ1) is 13.1. The molecule has 2 atom stereocenters. The van der Waals surface area contributed by atoms with E-state index in [4.69, 9.17) is 5.73 Å². The normalized spacial score (nSPS) is 29.6. The highest BCUT2D eigenvalue weighted by Crippen LogP contribution is 2.36. The van der Waals surface area contributed by atoms with Gasteiger partial charge >= 0.3 is 0 Å². The molecule has 3 rings (SSSR count). The van der Waals surface area contributed by atoms with Gasteiger partial charge in [0.25, 0.3) is 5.91 Å². The number of carbonyl (C=O) groups is 1.